The second-order valence-electron chi connectivity index (χ2n) is 6.41. The van der Waals surface area contributed by atoms with E-state index in [-0.39, 0.29) is 17.7 Å². The van der Waals surface area contributed by atoms with Crippen LogP contribution in [0.25, 0.3) is 11.0 Å². The van der Waals surface area contributed by atoms with Gasteiger partial charge >= 0.3 is 0 Å². The standard InChI is InChI=1S/C18H23N3O3/c1-12-9-15-10-13(4-5-16(15)24-12)18(23)20-6-8-21-7-2-3-14(11-21)17(19)22/h4-5,9-10,14H,2-3,6-8,11H2,1H3,(H2,19,22)(H,20,23)/t14-/m0/s1. The lowest BCUT2D eigenvalue weighted by atomic mass is 9.97. The lowest BCUT2D eigenvalue weighted by Gasteiger charge is -2.31. The highest BCUT2D eigenvalue weighted by molar-refractivity contribution is 5.97. The smallest absolute Gasteiger partial charge is 0.251 e. The van der Waals surface area contributed by atoms with Crippen molar-refractivity contribution in [3.05, 3.63) is 35.6 Å². The number of carbonyl (C=O) groups excluding carboxylic acids is 2. The number of nitrogens with zero attached hydrogens (tertiary/aromatic N) is 1. The molecule has 128 valence electrons. The molecule has 0 spiro atoms. The molecule has 0 unspecified atom stereocenters. The summed E-state index contributed by atoms with van der Waals surface area (Å²) in [5.41, 5.74) is 6.80. The van der Waals surface area contributed by atoms with Gasteiger partial charge in [0, 0.05) is 30.6 Å². The predicted molar refractivity (Wildman–Crippen MR) is 91.6 cm³/mol. The number of aryl methyl sites for hydroxylation is 1. The molecule has 1 aliphatic heterocycles. The lowest BCUT2D eigenvalue weighted by Crippen LogP contribution is -2.44. The van der Waals surface area contributed by atoms with Crippen LogP contribution in [0.4, 0.5) is 0 Å². The van der Waals surface area contributed by atoms with E-state index in [1.165, 1.54) is 0 Å². The third kappa shape index (κ3) is 3.76. The summed E-state index contributed by atoms with van der Waals surface area (Å²) >= 11 is 0. The molecule has 2 heterocycles. The summed E-state index contributed by atoms with van der Waals surface area (Å²) in [6.45, 7) is 4.79. The van der Waals surface area contributed by atoms with Gasteiger partial charge in [-0.05, 0) is 50.6 Å². The second kappa shape index (κ2) is 7.05. The number of primary amides is 1. The van der Waals surface area contributed by atoms with Crippen molar-refractivity contribution in [1.29, 1.82) is 0 Å². The molecule has 1 aromatic heterocycles. The Balaban J connectivity index is 1.52. The van der Waals surface area contributed by atoms with E-state index in [1.54, 1.807) is 6.07 Å². The molecule has 1 aromatic carbocycles. The number of rotatable bonds is 5. The van der Waals surface area contributed by atoms with E-state index in [9.17, 15) is 9.59 Å². The van der Waals surface area contributed by atoms with E-state index in [4.69, 9.17) is 10.2 Å². The number of piperidine rings is 1. The van der Waals surface area contributed by atoms with Gasteiger partial charge in [-0.3, -0.25) is 9.59 Å². The van der Waals surface area contributed by atoms with Crippen LogP contribution >= 0.6 is 0 Å². The lowest BCUT2D eigenvalue weighted by molar-refractivity contribution is -0.123. The number of carbonyl (C=O) groups is 2. The van der Waals surface area contributed by atoms with Crippen LogP contribution in [0, 0.1) is 12.8 Å². The number of hydrogen-bond donors (Lipinski definition) is 2. The van der Waals surface area contributed by atoms with Crippen molar-refractivity contribution in [2.24, 2.45) is 11.7 Å². The predicted octanol–water partition coefficient (Wildman–Crippen LogP) is 1.67. The first-order chi connectivity index (χ1) is 11.5. The molecule has 1 aliphatic rings. The van der Waals surface area contributed by atoms with Crippen LogP contribution in [0.5, 0.6) is 0 Å². The van der Waals surface area contributed by atoms with Crippen LogP contribution in [0.15, 0.2) is 28.7 Å². The molecule has 1 saturated heterocycles. The van der Waals surface area contributed by atoms with Crippen LogP contribution in [-0.2, 0) is 4.79 Å². The second-order valence-corrected chi connectivity index (χ2v) is 6.41. The molecule has 3 N–H and O–H groups in total. The Labute approximate surface area is 141 Å². The van der Waals surface area contributed by atoms with Crippen LogP contribution in [0.1, 0.15) is 29.0 Å². The summed E-state index contributed by atoms with van der Waals surface area (Å²) in [4.78, 5) is 25.8. The summed E-state index contributed by atoms with van der Waals surface area (Å²) in [7, 11) is 0. The number of likely N-dealkylation sites (tertiary alicyclic amines) is 1. The Morgan fingerprint density at radius 2 is 2.21 bits per heavy atom. The number of furan rings is 1. The molecule has 2 amide bonds. The monoisotopic (exact) mass is 329 g/mol. The summed E-state index contributed by atoms with van der Waals surface area (Å²) < 4.78 is 5.52. The van der Waals surface area contributed by atoms with Crippen LogP contribution in [-0.4, -0.2) is 42.9 Å². The first-order valence-corrected chi connectivity index (χ1v) is 8.33. The van der Waals surface area contributed by atoms with Crippen LogP contribution < -0.4 is 11.1 Å². The van der Waals surface area contributed by atoms with E-state index in [1.807, 2.05) is 25.1 Å². The van der Waals surface area contributed by atoms with E-state index in [2.05, 4.69) is 10.2 Å². The minimum Gasteiger partial charge on any atom is -0.461 e. The van der Waals surface area contributed by atoms with Gasteiger partial charge < -0.3 is 20.4 Å². The van der Waals surface area contributed by atoms with Crippen molar-refractivity contribution in [3.63, 3.8) is 0 Å². The van der Waals surface area contributed by atoms with Gasteiger partial charge in [0.1, 0.15) is 11.3 Å². The average Bonchev–Trinajstić information content (AvgIpc) is 2.94. The minimum atomic E-state index is -0.229. The Kier molecular flexibility index (Phi) is 4.85. The van der Waals surface area contributed by atoms with Crippen molar-refractivity contribution >= 4 is 22.8 Å². The summed E-state index contributed by atoms with van der Waals surface area (Å²) in [5.74, 6) is 0.435. The Morgan fingerprint density at radius 1 is 1.38 bits per heavy atom. The SMILES string of the molecule is Cc1cc2cc(C(=O)NCCN3CCC[C@H](C(N)=O)C3)ccc2o1. The van der Waals surface area contributed by atoms with Crippen LogP contribution in [0.2, 0.25) is 0 Å². The number of hydrogen-bond acceptors (Lipinski definition) is 4. The minimum absolute atomic E-state index is 0.0683. The molecule has 0 aliphatic carbocycles. The highest BCUT2D eigenvalue weighted by Crippen LogP contribution is 2.20. The summed E-state index contributed by atoms with van der Waals surface area (Å²) in [6.07, 6.45) is 1.83. The topological polar surface area (TPSA) is 88.6 Å². The molecule has 6 nitrogen and oxygen atoms in total. The fraction of sp³-hybridized carbons (Fsp3) is 0.444. The number of amides is 2. The molecule has 1 fully saturated rings. The molecule has 1 atom stereocenters. The quantitative estimate of drug-likeness (QED) is 0.873. The fourth-order valence-corrected chi connectivity index (χ4v) is 3.24. The zero-order chi connectivity index (χ0) is 17.1. The maximum Gasteiger partial charge on any atom is 0.251 e. The maximum absolute atomic E-state index is 12.3. The van der Waals surface area contributed by atoms with E-state index < -0.39 is 0 Å². The van der Waals surface area contributed by atoms with Gasteiger partial charge in [-0.2, -0.15) is 0 Å². The van der Waals surface area contributed by atoms with Gasteiger partial charge in [0.2, 0.25) is 5.91 Å². The van der Waals surface area contributed by atoms with Crippen molar-refractivity contribution in [3.8, 4) is 0 Å². The Hall–Kier alpha value is -2.34. The highest BCUT2D eigenvalue weighted by atomic mass is 16.3. The molecule has 0 saturated carbocycles. The highest BCUT2D eigenvalue weighted by Gasteiger charge is 2.23. The van der Waals surface area contributed by atoms with Gasteiger partial charge in [0.15, 0.2) is 0 Å². The first-order valence-electron chi connectivity index (χ1n) is 8.33. The van der Waals surface area contributed by atoms with E-state index in [0.717, 1.165) is 42.7 Å². The molecule has 6 heteroatoms. The molecular weight excluding hydrogens is 306 g/mol. The maximum atomic E-state index is 12.3. The number of nitrogens with one attached hydrogen (secondary N) is 1. The molecule has 2 aromatic rings. The molecule has 3 rings (SSSR count). The summed E-state index contributed by atoms with van der Waals surface area (Å²) in [5, 5.41) is 3.87. The molecule has 24 heavy (non-hydrogen) atoms. The van der Waals surface area contributed by atoms with Gasteiger partial charge in [-0.25, -0.2) is 0 Å². The van der Waals surface area contributed by atoms with Gasteiger partial charge in [0.25, 0.3) is 5.91 Å². The third-order valence-corrected chi connectivity index (χ3v) is 4.52. The average molecular weight is 329 g/mol. The number of nitrogens with two attached hydrogens (primary N) is 1. The Morgan fingerprint density at radius 3 is 3.00 bits per heavy atom. The van der Waals surface area contributed by atoms with Crippen molar-refractivity contribution < 1.29 is 14.0 Å². The largest absolute Gasteiger partial charge is 0.461 e. The molecule has 0 radical (unpaired) electrons. The molecular formula is C18H23N3O3. The number of fused-ring (bicyclic) bond motifs is 1. The zero-order valence-corrected chi connectivity index (χ0v) is 13.9. The van der Waals surface area contributed by atoms with Gasteiger partial charge in [-0.15, -0.1) is 0 Å². The normalized spacial score (nSPS) is 18.6. The zero-order valence-electron chi connectivity index (χ0n) is 13.9. The fourth-order valence-electron chi connectivity index (χ4n) is 3.24. The first kappa shape index (κ1) is 16.5. The Bertz CT molecular complexity index is 753. The van der Waals surface area contributed by atoms with E-state index >= 15 is 0 Å². The van der Waals surface area contributed by atoms with Crippen molar-refractivity contribution in [1.82, 2.24) is 10.2 Å². The number of benzene rings is 1. The van der Waals surface area contributed by atoms with Gasteiger partial charge in [0.05, 0.1) is 5.92 Å². The van der Waals surface area contributed by atoms with Gasteiger partial charge in [-0.1, -0.05) is 0 Å². The summed E-state index contributed by atoms with van der Waals surface area (Å²) in [6, 6.07) is 7.35. The van der Waals surface area contributed by atoms with Crippen LogP contribution in [0.3, 0.4) is 0 Å². The van der Waals surface area contributed by atoms with E-state index in [0.29, 0.717) is 18.7 Å². The molecule has 0 bridgehead atoms. The third-order valence-electron chi connectivity index (χ3n) is 4.52. The van der Waals surface area contributed by atoms with Crippen molar-refractivity contribution in [2.75, 3.05) is 26.2 Å². The van der Waals surface area contributed by atoms with Crippen molar-refractivity contribution in [2.45, 2.75) is 19.8 Å².